The van der Waals surface area contributed by atoms with Crippen molar-refractivity contribution in [2.45, 2.75) is 77.1 Å². The second-order valence-electron chi connectivity index (χ2n) is 9.90. The van der Waals surface area contributed by atoms with Gasteiger partial charge in [0.05, 0.1) is 6.10 Å². The molecule has 4 aliphatic carbocycles. The van der Waals surface area contributed by atoms with Gasteiger partial charge in [0.2, 0.25) is 0 Å². The standard InChI is InChI=1S/C23H32O5/c1-4-17(25)20(27)23(28)10-8-16-15-6-5-13-11-14(24)7-9-21(13,2)19(15)18(26)12-22(16,23)3/h7,9,11,15-19,25-26,28H,4-6,8,10,12H2,1-3H3/t15-,16-,17?,18-,19+,21-,22-,23-/m0/s1. The molecule has 3 saturated carbocycles. The van der Waals surface area contributed by atoms with Crippen molar-refractivity contribution >= 4 is 11.6 Å². The SMILES string of the molecule is CCC(O)C(=O)[C@@]1(O)CC[C@H]2[C@@H]3CCC4=CC(=O)C=C[C@]4(C)[C@H]3[C@@H](O)C[C@@]21C. The van der Waals surface area contributed by atoms with E-state index in [9.17, 15) is 24.9 Å². The van der Waals surface area contributed by atoms with E-state index in [1.54, 1.807) is 19.1 Å². The van der Waals surface area contributed by atoms with Crippen LogP contribution in [0.15, 0.2) is 23.8 Å². The van der Waals surface area contributed by atoms with Gasteiger partial charge in [-0.15, -0.1) is 0 Å². The van der Waals surface area contributed by atoms with Crippen LogP contribution in [0.3, 0.4) is 0 Å². The quantitative estimate of drug-likeness (QED) is 0.690. The van der Waals surface area contributed by atoms with E-state index in [2.05, 4.69) is 6.92 Å². The second-order valence-corrected chi connectivity index (χ2v) is 9.90. The van der Waals surface area contributed by atoms with Gasteiger partial charge in [-0.05, 0) is 62.5 Å². The molecule has 0 saturated heterocycles. The number of allylic oxidation sites excluding steroid dienone is 4. The molecule has 8 atom stereocenters. The molecule has 5 nitrogen and oxygen atoms in total. The van der Waals surface area contributed by atoms with E-state index in [0.29, 0.717) is 12.8 Å². The lowest BCUT2D eigenvalue weighted by atomic mass is 9.46. The minimum atomic E-state index is -1.59. The maximum Gasteiger partial charge on any atom is 0.193 e. The summed E-state index contributed by atoms with van der Waals surface area (Å²) in [7, 11) is 0. The Bertz CT molecular complexity index is 769. The molecule has 0 aliphatic heterocycles. The maximum atomic E-state index is 12.9. The monoisotopic (exact) mass is 388 g/mol. The van der Waals surface area contributed by atoms with E-state index in [-0.39, 0.29) is 35.4 Å². The summed E-state index contributed by atoms with van der Waals surface area (Å²) in [4.78, 5) is 24.8. The Balaban J connectivity index is 1.72. The predicted octanol–water partition coefficient (Wildman–Crippen LogP) is 2.34. The largest absolute Gasteiger partial charge is 0.393 e. The first kappa shape index (κ1) is 20.0. The van der Waals surface area contributed by atoms with E-state index >= 15 is 0 Å². The number of ketones is 2. The van der Waals surface area contributed by atoms with Gasteiger partial charge in [-0.3, -0.25) is 9.59 Å². The Morgan fingerprint density at radius 1 is 1.32 bits per heavy atom. The summed E-state index contributed by atoms with van der Waals surface area (Å²) in [6.07, 6.45) is 6.79. The number of aliphatic hydroxyl groups is 3. The van der Waals surface area contributed by atoms with Crippen LogP contribution < -0.4 is 0 Å². The molecule has 0 aromatic carbocycles. The Morgan fingerprint density at radius 3 is 2.71 bits per heavy atom. The smallest absolute Gasteiger partial charge is 0.193 e. The highest BCUT2D eigenvalue weighted by Gasteiger charge is 2.68. The molecule has 3 N–H and O–H groups in total. The highest BCUT2D eigenvalue weighted by molar-refractivity contribution is 6.01. The number of aliphatic hydroxyl groups excluding tert-OH is 2. The number of hydrogen-bond acceptors (Lipinski definition) is 5. The molecule has 4 rings (SSSR count). The summed E-state index contributed by atoms with van der Waals surface area (Å²) in [5.41, 5.74) is -1.60. The minimum Gasteiger partial charge on any atom is -0.393 e. The van der Waals surface area contributed by atoms with Crippen molar-refractivity contribution in [3.8, 4) is 0 Å². The lowest BCUT2D eigenvalue weighted by Gasteiger charge is -2.59. The Kier molecular flexibility index (Phi) is 4.53. The molecule has 0 bridgehead atoms. The Morgan fingerprint density at radius 2 is 2.04 bits per heavy atom. The van der Waals surface area contributed by atoms with Crippen LogP contribution in [-0.4, -0.2) is 44.7 Å². The molecule has 0 aromatic rings. The molecular formula is C23H32O5. The number of Topliss-reactive ketones (excluding diaryl/α,β-unsaturated/α-hetero) is 1. The summed E-state index contributed by atoms with van der Waals surface area (Å²) in [5.74, 6) is -0.215. The zero-order valence-corrected chi connectivity index (χ0v) is 17.0. The van der Waals surface area contributed by atoms with Gasteiger partial charge < -0.3 is 15.3 Å². The van der Waals surface area contributed by atoms with Gasteiger partial charge in [0, 0.05) is 16.7 Å². The molecule has 1 unspecified atom stereocenters. The summed E-state index contributed by atoms with van der Waals surface area (Å²) in [6.45, 7) is 5.77. The molecule has 5 heteroatoms. The molecule has 0 radical (unpaired) electrons. The predicted molar refractivity (Wildman–Crippen MR) is 104 cm³/mol. The first-order valence-corrected chi connectivity index (χ1v) is 10.7. The van der Waals surface area contributed by atoms with Gasteiger partial charge in [-0.1, -0.05) is 32.4 Å². The van der Waals surface area contributed by atoms with Crippen molar-refractivity contribution in [1.29, 1.82) is 0 Å². The van der Waals surface area contributed by atoms with Gasteiger partial charge in [-0.25, -0.2) is 0 Å². The van der Waals surface area contributed by atoms with Crippen molar-refractivity contribution in [2.75, 3.05) is 0 Å². The van der Waals surface area contributed by atoms with Crippen LogP contribution in [0.25, 0.3) is 0 Å². The van der Waals surface area contributed by atoms with Gasteiger partial charge in [0.25, 0.3) is 0 Å². The molecule has 154 valence electrons. The van der Waals surface area contributed by atoms with Gasteiger partial charge in [-0.2, -0.15) is 0 Å². The minimum absolute atomic E-state index is 0.00968. The average Bonchev–Trinajstić information content (AvgIpc) is 2.92. The van der Waals surface area contributed by atoms with E-state index in [4.69, 9.17) is 0 Å². The average molecular weight is 389 g/mol. The first-order chi connectivity index (χ1) is 13.1. The van der Waals surface area contributed by atoms with Crippen LogP contribution >= 0.6 is 0 Å². The van der Waals surface area contributed by atoms with Crippen molar-refractivity contribution in [2.24, 2.45) is 28.6 Å². The second kappa shape index (κ2) is 6.35. The fraction of sp³-hybridized carbons (Fsp3) is 0.739. The number of carbonyl (C=O) groups excluding carboxylic acids is 2. The van der Waals surface area contributed by atoms with Gasteiger partial charge in [0.1, 0.15) is 11.7 Å². The summed E-state index contributed by atoms with van der Waals surface area (Å²) in [5, 5.41) is 32.9. The van der Waals surface area contributed by atoms with Crippen molar-refractivity contribution in [3.05, 3.63) is 23.8 Å². The molecule has 4 aliphatic rings. The lowest BCUT2D eigenvalue weighted by molar-refractivity contribution is -0.182. The fourth-order valence-electron chi connectivity index (χ4n) is 7.20. The topological polar surface area (TPSA) is 94.8 Å². The third-order valence-corrected chi connectivity index (χ3v) is 8.74. The normalized spacial score (nSPS) is 48.4. The van der Waals surface area contributed by atoms with Crippen LogP contribution in [-0.2, 0) is 9.59 Å². The van der Waals surface area contributed by atoms with Gasteiger partial charge in [0.15, 0.2) is 11.6 Å². The molecule has 0 amide bonds. The molecular weight excluding hydrogens is 356 g/mol. The first-order valence-electron chi connectivity index (χ1n) is 10.7. The molecule has 0 heterocycles. The summed E-state index contributed by atoms with van der Waals surface area (Å²) >= 11 is 0. The van der Waals surface area contributed by atoms with Crippen molar-refractivity contribution in [1.82, 2.24) is 0 Å². The molecule has 3 fully saturated rings. The number of carbonyl (C=O) groups is 2. The molecule has 28 heavy (non-hydrogen) atoms. The lowest BCUT2D eigenvalue weighted by Crippen LogP contribution is -2.62. The highest BCUT2D eigenvalue weighted by atomic mass is 16.3. The van der Waals surface area contributed by atoms with Crippen molar-refractivity contribution < 1.29 is 24.9 Å². The van der Waals surface area contributed by atoms with E-state index in [1.165, 1.54) is 0 Å². The third kappa shape index (κ3) is 2.42. The van der Waals surface area contributed by atoms with Crippen LogP contribution in [0.1, 0.15) is 59.3 Å². The fourth-order valence-corrected chi connectivity index (χ4v) is 7.20. The zero-order valence-electron chi connectivity index (χ0n) is 17.0. The van der Waals surface area contributed by atoms with Crippen LogP contribution in [0.5, 0.6) is 0 Å². The van der Waals surface area contributed by atoms with E-state index in [0.717, 1.165) is 24.8 Å². The molecule has 0 aromatic heterocycles. The highest BCUT2D eigenvalue weighted by Crippen LogP contribution is 2.67. The number of rotatable bonds is 3. The van der Waals surface area contributed by atoms with Crippen LogP contribution in [0.4, 0.5) is 0 Å². The van der Waals surface area contributed by atoms with Gasteiger partial charge >= 0.3 is 0 Å². The number of fused-ring (bicyclic) bond motifs is 5. The van der Waals surface area contributed by atoms with Crippen molar-refractivity contribution in [3.63, 3.8) is 0 Å². The van der Waals surface area contributed by atoms with Crippen LogP contribution in [0, 0.1) is 28.6 Å². The maximum absolute atomic E-state index is 12.9. The van der Waals surface area contributed by atoms with Crippen LogP contribution in [0.2, 0.25) is 0 Å². The summed E-state index contributed by atoms with van der Waals surface area (Å²) in [6, 6.07) is 0. The van der Waals surface area contributed by atoms with E-state index in [1.807, 2.05) is 13.0 Å². The zero-order chi connectivity index (χ0) is 20.5. The summed E-state index contributed by atoms with van der Waals surface area (Å²) < 4.78 is 0. The third-order valence-electron chi connectivity index (χ3n) is 8.74. The number of hydrogen-bond donors (Lipinski definition) is 3. The Labute approximate surface area is 166 Å². The molecule has 0 spiro atoms. The Hall–Kier alpha value is -1.30. The van der Waals surface area contributed by atoms with E-state index < -0.39 is 29.0 Å².